The second-order valence-corrected chi connectivity index (χ2v) is 9.54. The number of rotatable bonds is 8. The molecule has 2 aromatic rings. The molecule has 0 aliphatic heterocycles. The van der Waals surface area contributed by atoms with Gasteiger partial charge in [0.1, 0.15) is 0 Å². The van der Waals surface area contributed by atoms with Crippen LogP contribution in [-0.2, 0) is 23.1 Å². The lowest BCUT2D eigenvalue weighted by molar-refractivity contribution is 0.165. The monoisotopic (exact) mass is 372 g/mol. The maximum Gasteiger partial charge on any atom is 0.242 e. The molecule has 1 saturated carbocycles. The van der Waals surface area contributed by atoms with Crippen LogP contribution < -0.4 is 0 Å². The van der Waals surface area contributed by atoms with Gasteiger partial charge in [0.15, 0.2) is 0 Å². The summed E-state index contributed by atoms with van der Waals surface area (Å²) in [4.78, 5) is 2.81. The van der Waals surface area contributed by atoms with Gasteiger partial charge in [-0.15, -0.1) is 0 Å². The molecule has 5 heteroatoms. The summed E-state index contributed by atoms with van der Waals surface area (Å²) >= 11 is 0. The van der Waals surface area contributed by atoms with Crippen molar-refractivity contribution in [2.45, 2.75) is 37.2 Å². The van der Waals surface area contributed by atoms with Crippen molar-refractivity contribution in [3.8, 4) is 0 Å². The molecule has 0 N–H and O–H groups in total. The quantitative estimate of drug-likeness (QED) is 0.709. The number of hydrogen-bond acceptors (Lipinski definition) is 3. The molecule has 0 unspecified atom stereocenters. The van der Waals surface area contributed by atoms with Crippen LogP contribution in [-0.4, -0.2) is 38.3 Å². The van der Waals surface area contributed by atoms with Crippen molar-refractivity contribution in [1.29, 1.82) is 0 Å². The fraction of sp³-hybridized carbons (Fsp3) is 0.429. The molecule has 0 saturated heterocycles. The third-order valence-electron chi connectivity index (χ3n) is 5.07. The molecule has 0 atom stereocenters. The van der Waals surface area contributed by atoms with E-state index in [1.54, 1.807) is 20.2 Å². The minimum Gasteiger partial charge on any atom is -0.295 e. The predicted octanol–water partition coefficient (Wildman–Crippen LogP) is 3.74. The molecule has 0 bridgehead atoms. The Kier molecular flexibility index (Phi) is 6.12. The minimum atomic E-state index is -3.40. The van der Waals surface area contributed by atoms with Crippen molar-refractivity contribution in [2.24, 2.45) is 5.92 Å². The van der Waals surface area contributed by atoms with Crippen LogP contribution in [0.5, 0.6) is 0 Å². The van der Waals surface area contributed by atoms with Crippen LogP contribution in [0.25, 0.3) is 0 Å². The average molecular weight is 373 g/mol. The molecule has 2 aromatic carbocycles. The maximum atomic E-state index is 12.4. The number of benzene rings is 2. The van der Waals surface area contributed by atoms with Gasteiger partial charge in [-0.25, -0.2) is 12.7 Å². The second kappa shape index (κ2) is 8.33. The van der Waals surface area contributed by atoms with Gasteiger partial charge in [0, 0.05) is 33.7 Å². The molecule has 3 rings (SSSR count). The number of sulfonamides is 1. The highest BCUT2D eigenvalue weighted by Gasteiger charge is 2.22. The summed E-state index contributed by atoms with van der Waals surface area (Å²) in [6.07, 6.45) is 3.95. The standard InChI is InChI=1S/C21H28N2O2S/c1-22(2)26(24,25)21-13-7-12-20(14-21)17-23(16-19-10-6-11-19)15-18-8-4-3-5-9-18/h3-5,7-9,12-14,19H,6,10-11,15-17H2,1-2H3. The Labute approximate surface area is 157 Å². The van der Waals surface area contributed by atoms with Crippen molar-refractivity contribution in [3.05, 3.63) is 65.7 Å². The van der Waals surface area contributed by atoms with E-state index >= 15 is 0 Å². The Bertz CT molecular complexity index is 815. The molecule has 1 aliphatic rings. The Morgan fingerprint density at radius 2 is 1.58 bits per heavy atom. The first-order valence-corrected chi connectivity index (χ1v) is 10.7. The summed E-state index contributed by atoms with van der Waals surface area (Å²) in [5, 5.41) is 0. The predicted molar refractivity (Wildman–Crippen MR) is 105 cm³/mol. The van der Waals surface area contributed by atoms with Crippen LogP contribution in [0.1, 0.15) is 30.4 Å². The van der Waals surface area contributed by atoms with Gasteiger partial charge >= 0.3 is 0 Å². The van der Waals surface area contributed by atoms with Gasteiger partial charge in [-0.1, -0.05) is 48.9 Å². The van der Waals surface area contributed by atoms with Gasteiger partial charge in [-0.3, -0.25) is 4.90 Å². The average Bonchev–Trinajstić information content (AvgIpc) is 2.59. The number of nitrogens with zero attached hydrogens (tertiary/aromatic N) is 2. The van der Waals surface area contributed by atoms with Gasteiger partial charge < -0.3 is 0 Å². The van der Waals surface area contributed by atoms with Crippen LogP contribution in [0, 0.1) is 5.92 Å². The summed E-state index contributed by atoms with van der Waals surface area (Å²) in [6.45, 7) is 2.73. The first-order chi connectivity index (χ1) is 12.4. The Hall–Kier alpha value is -1.69. The zero-order valence-corrected chi connectivity index (χ0v) is 16.5. The van der Waals surface area contributed by atoms with E-state index in [1.807, 2.05) is 24.3 Å². The van der Waals surface area contributed by atoms with E-state index in [9.17, 15) is 8.42 Å². The zero-order chi connectivity index (χ0) is 18.6. The van der Waals surface area contributed by atoms with Crippen LogP contribution in [0.15, 0.2) is 59.5 Å². The fourth-order valence-corrected chi connectivity index (χ4v) is 4.31. The third kappa shape index (κ3) is 4.72. The van der Waals surface area contributed by atoms with E-state index in [1.165, 1.54) is 29.1 Å². The first-order valence-electron chi connectivity index (χ1n) is 9.23. The molecule has 0 heterocycles. The van der Waals surface area contributed by atoms with Gasteiger partial charge in [0.25, 0.3) is 0 Å². The van der Waals surface area contributed by atoms with Crippen molar-refractivity contribution >= 4 is 10.0 Å². The maximum absolute atomic E-state index is 12.4. The number of hydrogen-bond donors (Lipinski definition) is 0. The zero-order valence-electron chi connectivity index (χ0n) is 15.6. The van der Waals surface area contributed by atoms with E-state index in [4.69, 9.17) is 0 Å². The Morgan fingerprint density at radius 3 is 2.19 bits per heavy atom. The summed E-state index contributed by atoms with van der Waals surface area (Å²) in [6, 6.07) is 17.8. The second-order valence-electron chi connectivity index (χ2n) is 7.39. The normalized spacial score (nSPS) is 15.4. The van der Waals surface area contributed by atoms with Crippen LogP contribution in [0.3, 0.4) is 0 Å². The van der Waals surface area contributed by atoms with Gasteiger partial charge in [0.2, 0.25) is 10.0 Å². The molecule has 0 aromatic heterocycles. The summed E-state index contributed by atoms with van der Waals surface area (Å²) in [5.41, 5.74) is 2.34. The Balaban J connectivity index is 1.77. The SMILES string of the molecule is CN(C)S(=O)(=O)c1cccc(CN(Cc2ccccc2)CC2CCC2)c1. The summed E-state index contributed by atoms with van der Waals surface area (Å²) in [7, 11) is -0.256. The van der Waals surface area contributed by atoms with Crippen molar-refractivity contribution in [1.82, 2.24) is 9.21 Å². The van der Waals surface area contributed by atoms with E-state index in [0.29, 0.717) is 4.90 Å². The van der Waals surface area contributed by atoms with E-state index in [0.717, 1.165) is 31.1 Å². The van der Waals surface area contributed by atoms with Crippen LogP contribution in [0.4, 0.5) is 0 Å². The molecule has 1 aliphatic carbocycles. The van der Waals surface area contributed by atoms with Crippen LogP contribution >= 0.6 is 0 Å². The van der Waals surface area contributed by atoms with Crippen molar-refractivity contribution < 1.29 is 8.42 Å². The largest absolute Gasteiger partial charge is 0.295 e. The summed E-state index contributed by atoms with van der Waals surface area (Å²) < 4.78 is 26.1. The highest BCUT2D eigenvalue weighted by atomic mass is 32.2. The van der Waals surface area contributed by atoms with Crippen molar-refractivity contribution in [2.75, 3.05) is 20.6 Å². The lowest BCUT2D eigenvalue weighted by atomic mass is 9.85. The van der Waals surface area contributed by atoms with Crippen molar-refractivity contribution in [3.63, 3.8) is 0 Å². The molecule has 1 fully saturated rings. The molecule has 26 heavy (non-hydrogen) atoms. The van der Waals surface area contributed by atoms with Gasteiger partial charge in [-0.2, -0.15) is 0 Å². The molecule has 140 valence electrons. The molecule has 4 nitrogen and oxygen atoms in total. The summed E-state index contributed by atoms with van der Waals surface area (Å²) in [5.74, 6) is 0.771. The highest BCUT2D eigenvalue weighted by Crippen LogP contribution is 2.28. The molecular formula is C21H28N2O2S. The Morgan fingerprint density at radius 1 is 0.923 bits per heavy atom. The van der Waals surface area contributed by atoms with E-state index < -0.39 is 10.0 Å². The topological polar surface area (TPSA) is 40.6 Å². The van der Waals surface area contributed by atoms with Gasteiger partial charge in [0.05, 0.1) is 4.90 Å². The third-order valence-corrected chi connectivity index (χ3v) is 6.88. The van der Waals surface area contributed by atoms with E-state index in [-0.39, 0.29) is 0 Å². The fourth-order valence-electron chi connectivity index (χ4n) is 3.34. The van der Waals surface area contributed by atoms with Crippen LogP contribution in [0.2, 0.25) is 0 Å². The lowest BCUT2D eigenvalue weighted by Gasteiger charge is -2.32. The molecule has 0 radical (unpaired) electrons. The smallest absolute Gasteiger partial charge is 0.242 e. The first kappa shape index (κ1) is 19.1. The molecule has 0 amide bonds. The van der Waals surface area contributed by atoms with E-state index in [2.05, 4.69) is 29.2 Å². The lowest BCUT2D eigenvalue weighted by Crippen LogP contribution is -2.32. The molecule has 0 spiro atoms. The minimum absolute atomic E-state index is 0.364. The highest BCUT2D eigenvalue weighted by molar-refractivity contribution is 7.89. The van der Waals surface area contributed by atoms with Gasteiger partial charge in [-0.05, 0) is 42.0 Å². The molecular weight excluding hydrogens is 344 g/mol.